The van der Waals surface area contributed by atoms with Gasteiger partial charge in [0.1, 0.15) is 5.70 Å². The van der Waals surface area contributed by atoms with Crippen molar-refractivity contribution in [2.75, 3.05) is 38.7 Å². The molecule has 3 rings (SSSR count). The van der Waals surface area contributed by atoms with E-state index in [4.69, 9.17) is 10.1 Å². The SMILES string of the molecule is CN/C(=C\C=N)C(=O)NCC1COCCN1C(=O)Nc1ccc(-c2noc(C(F)(F)F)n2)cc1. The Balaban J connectivity index is 1.62. The lowest BCUT2D eigenvalue weighted by Gasteiger charge is -2.35. The Bertz CT molecular complexity index is 1050. The zero-order valence-corrected chi connectivity index (χ0v) is 18.0. The van der Waals surface area contributed by atoms with Gasteiger partial charge in [-0.05, 0) is 30.3 Å². The van der Waals surface area contributed by atoms with Gasteiger partial charge in [0.05, 0.1) is 19.3 Å². The van der Waals surface area contributed by atoms with Gasteiger partial charge in [0.15, 0.2) is 0 Å². The normalized spacial score (nSPS) is 16.6. The molecule has 2 aromatic rings. The van der Waals surface area contributed by atoms with Crippen LogP contribution in [0.4, 0.5) is 23.7 Å². The lowest BCUT2D eigenvalue weighted by atomic mass is 10.2. The molecule has 1 unspecified atom stereocenters. The van der Waals surface area contributed by atoms with Crippen molar-refractivity contribution in [2.45, 2.75) is 12.2 Å². The molecule has 1 aromatic heterocycles. The molecular weight excluding hydrogens is 459 g/mol. The molecule has 1 aliphatic rings. The van der Waals surface area contributed by atoms with Gasteiger partial charge in [0.25, 0.3) is 5.91 Å². The van der Waals surface area contributed by atoms with Gasteiger partial charge >= 0.3 is 18.1 Å². The number of nitrogens with zero attached hydrogens (tertiary/aromatic N) is 3. The number of amides is 3. The number of morpholine rings is 1. The van der Waals surface area contributed by atoms with Gasteiger partial charge < -0.3 is 35.5 Å². The summed E-state index contributed by atoms with van der Waals surface area (Å²) in [4.78, 5) is 29.9. The number of allylic oxidation sites excluding steroid dienone is 1. The summed E-state index contributed by atoms with van der Waals surface area (Å²) in [5.41, 5.74) is 0.878. The average Bonchev–Trinajstić information content (AvgIpc) is 3.33. The Morgan fingerprint density at radius 3 is 2.65 bits per heavy atom. The van der Waals surface area contributed by atoms with E-state index >= 15 is 0 Å². The van der Waals surface area contributed by atoms with Crippen LogP contribution in [-0.4, -0.2) is 72.6 Å². The van der Waals surface area contributed by atoms with Gasteiger partial charge in [-0.15, -0.1) is 0 Å². The number of carbonyl (C=O) groups excluding carboxylic acids is 2. The molecule has 1 saturated heterocycles. The highest BCUT2D eigenvalue weighted by molar-refractivity contribution is 5.96. The predicted octanol–water partition coefficient (Wildman–Crippen LogP) is 1.86. The fourth-order valence-corrected chi connectivity index (χ4v) is 3.11. The third-order valence-corrected chi connectivity index (χ3v) is 4.81. The summed E-state index contributed by atoms with van der Waals surface area (Å²) in [6.45, 7) is 0.963. The van der Waals surface area contributed by atoms with Crippen LogP contribution >= 0.6 is 0 Å². The largest absolute Gasteiger partial charge is 0.471 e. The number of anilines is 1. The summed E-state index contributed by atoms with van der Waals surface area (Å²) in [6.07, 6.45) is -2.45. The Morgan fingerprint density at radius 1 is 1.29 bits per heavy atom. The number of benzene rings is 1. The van der Waals surface area contributed by atoms with E-state index in [0.29, 0.717) is 18.8 Å². The molecular formula is C20H22F3N7O4. The third-order valence-electron chi connectivity index (χ3n) is 4.81. The molecule has 4 N–H and O–H groups in total. The molecule has 1 atom stereocenters. The Morgan fingerprint density at radius 2 is 2.03 bits per heavy atom. The summed E-state index contributed by atoms with van der Waals surface area (Å²) in [7, 11) is 1.55. The molecule has 0 radical (unpaired) electrons. The lowest BCUT2D eigenvalue weighted by molar-refractivity contribution is -0.159. The summed E-state index contributed by atoms with van der Waals surface area (Å²) < 4.78 is 47.5. The zero-order chi connectivity index (χ0) is 24.7. The van der Waals surface area contributed by atoms with Gasteiger partial charge in [-0.1, -0.05) is 5.16 Å². The van der Waals surface area contributed by atoms with Crippen molar-refractivity contribution in [1.29, 1.82) is 5.41 Å². The minimum Gasteiger partial charge on any atom is -0.384 e. The van der Waals surface area contributed by atoms with Crippen molar-refractivity contribution in [3.8, 4) is 11.4 Å². The highest BCUT2D eigenvalue weighted by atomic mass is 19.4. The fourth-order valence-electron chi connectivity index (χ4n) is 3.11. The van der Waals surface area contributed by atoms with Crippen molar-refractivity contribution in [1.82, 2.24) is 25.7 Å². The van der Waals surface area contributed by atoms with Crippen molar-refractivity contribution < 1.29 is 32.0 Å². The molecule has 14 heteroatoms. The van der Waals surface area contributed by atoms with E-state index < -0.39 is 30.0 Å². The number of rotatable bonds is 7. The number of halogens is 3. The van der Waals surface area contributed by atoms with Crippen LogP contribution in [0.1, 0.15) is 5.89 Å². The van der Waals surface area contributed by atoms with E-state index in [2.05, 4.69) is 30.6 Å². The van der Waals surface area contributed by atoms with E-state index in [-0.39, 0.29) is 30.2 Å². The van der Waals surface area contributed by atoms with Gasteiger partial charge in [-0.25, -0.2) is 4.79 Å². The standard InChI is InChI=1S/C20H22F3N7O4/c1-25-15(6-7-24)17(31)26-10-14-11-33-9-8-30(14)19(32)27-13-4-2-12(3-5-13)16-28-18(34-29-16)20(21,22)23/h2-7,14,24-25H,8-11H2,1H3,(H,26,31)(H,27,32)/b15-6-,24-7?. The molecule has 0 bridgehead atoms. The molecule has 11 nitrogen and oxygen atoms in total. The first-order valence-corrected chi connectivity index (χ1v) is 10.1. The van der Waals surface area contributed by atoms with Gasteiger partial charge in [-0.2, -0.15) is 18.2 Å². The van der Waals surface area contributed by atoms with Crippen LogP contribution in [0.25, 0.3) is 11.4 Å². The second-order valence-electron chi connectivity index (χ2n) is 7.06. The Hall–Kier alpha value is -3.94. The van der Waals surface area contributed by atoms with Crippen molar-refractivity contribution in [3.63, 3.8) is 0 Å². The number of alkyl halides is 3. The Labute approximate surface area is 191 Å². The number of ether oxygens (including phenoxy) is 1. The molecule has 1 fully saturated rings. The summed E-state index contributed by atoms with van der Waals surface area (Å²) >= 11 is 0. The maximum Gasteiger partial charge on any atom is 0.471 e. The highest BCUT2D eigenvalue weighted by Gasteiger charge is 2.38. The number of urea groups is 1. The second kappa shape index (κ2) is 10.8. The monoisotopic (exact) mass is 481 g/mol. The third kappa shape index (κ3) is 6.10. The minimum atomic E-state index is -4.74. The van der Waals surface area contributed by atoms with Crippen LogP contribution in [0.5, 0.6) is 0 Å². The topological polar surface area (TPSA) is 145 Å². The van der Waals surface area contributed by atoms with E-state index in [9.17, 15) is 22.8 Å². The first kappa shape index (κ1) is 24.7. The van der Waals surface area contributed by atoms with Crippen LogP contribution in [0.3, 0.4) is 0 Å². The van der Waals surface area contributed by atoms with Crippen LogP contribution in [0.15, 0.2) is 40.6 Å². The number of carbonyl (C=O) groups is 2. The second-order valence-corrected chi connectivity index (χ2v) is 7.06. The zero-order valence-electron chi connectivity index (χ0n) is 18.0. The van der Waals surface area contributed by atoms with Crippen molar-refractivity contribution in [3.05, 3.63) is 41.9 Å². The molecule has 1 aromatic carbocycles. The van der Waals surface area contributed by atoms with Gasteiger partial charge in [-0.3, -0.25) is 4.79 Å². The molecule has 34 heavy (non-hydrogen) atoms. The lowest BCUT2D eigenvalue weighted by Crippen LogP contribution is -2.55. The number of nitrogens with one attached hydrogen (secondary N) is 4. The maximum absolute atomic E-state index is 12.8. The highest BCUT2D eigenvalue weighted by Crippen LogP contribution is 2.29. The molecule has 3 amide bonds. The number of hydrogen-bond acceptors (Lipinski definition) is 8. The molecule has 1 aliphatic heterocycles. The first-order chi connectivity index (χ1) is 16.2. The van der Waals surface area contributed by atoms with E-state index in [1.54, 1.807) is 7.05 Å². The van der Waals surface area contributed by atoms with Crippen LogP contribution in [0.2, 0.25) is 0 Å². The average molecular weight is 481 g/mol. The maximum atomic E-state index is 12.8. The minimum absolute atomic E-state index is 0.127. The summed E-state index contributed by atoms with van der Waals surface area (Å²) in [5, 5.41) is 18.5. The fraction of sp³-hybridized carbons (Fsp3) is 0.350. The number of aromatic nitrogens is 2. The number of hydrogen-bond donors (Lipinski definition) is 4. The molecule has 2 heterocycles. The van der Waals surface area contributed by atoms with Gasteiger partial charge in [0, 0.05) is 37.6 Å². The van der Waals surface area contributed by atoms with E-state index in [1.165, 1.54) is 35.2 Å². The predicted molar refractivity (Wildman–Crippen MR) is 114 cm³/mol. The van der Waals surface area contributed by atoms with Crippen LogP contribution in [0, 0.1) is 5.41 Å². The van der Waals surface area contributed by atoms with Crippen LogP contribution in [-0.2, 0) is 15.7 Å². The summed E-state index contributed by atoms with van der Waals surface area (Å²) in [5.74, 6) is -2.10. The Kier molecular flexibility index (Phi) is 7.83. The van der Waals surface area contributed by atoms with E-state index in [0.717, 1.165) is 6.21 Å². The first-order valence-electron chi connectivity index (χ1n) is 10.1. The smallest absolute Gasteiger partial charge is 0.384 e. The molecule has 0 saturated carbocycles. The van der Waals surface area contributed by atoms with Crippen LogP contribution < -0.4 is 16.0 Å². The van der Waals surface area contributed by atoms with Gasteiger partial charge in [0.2, 0.25) is 5.82 Å². The molecule has 0 spiro atoms. The van der Waals surface area contributed by atoms with E-state index in [1.807, 2.05) is 0 Å². The summed E-state index contributed by atoms with van der Waals surface area (Å²) in [6, 6.07) is 5.03. The molecule has 0 aliphatic carbocycles. The van der Waals surface area contributed by atoms with Crippen molar-refractivity contribution >= 4 is 23.8 Å². The molecule has 182 valence electrons. The quantitative estimate of drug-likeness (QED) is 0.349. The van der Waals surface area contributed by atoms with Crippen molar-refractivity contribution in [2.24, 2.45) is 0 Å². The number of likely N-dealkylation sites (N-methyl/N-ethyl adjacent to an activating group) is 1.